The Morgan fingerprint density at radius 2 is 1.79 bits per heavy atom. The van der Waals surface area contributed by atoms with Crippen molar-refractivity contribution in [2.45, 2.75) is 45.3 Å². The standard InChI is InChI=1S/C18H26N2O4/c1-18(2,3)24-17(22)20-11-9-15(10-12-20)19-14-7-5-13(6-8-14)16(21)23-4/h5-8,15,21H,9-12H2,1-4H3/p+1. The third-order valence-corrected chi connectivity index (χ3v) is 3.84. The van der Waals surface area contributed by atoms with Gasteiger partial charge in [0.2, 0.25) is 0 Å². The lowest BCUT2D eigenvalue weighted by Gasteiger charge is -2.30. The largest absolute Gasteiger partial charge is 0.481 e. The molecule has 1 aliphatic carbocycles. The number of aliphatic hydroxyl groups excluding tert-OH is 1. The van der Waals surface area contributed by atoms with Crippen LogP contribution in [0.25, 0.3) is 0 Å². The van der Waals surface area contributed by atoms with Crippen LogP contribution in [0.3, 0.4) is 0 Å². The van der Waals surface area contributed by atoms with Gasteiger partial charge in [-0.2, -0.15) is 0 Å². The number of amides is 1. The van der Waals surface area contributed by atoms with Gasteiger partial charge in [-0.25, -0.2) is 9.79 Å². The van der Waals surface area contributed by atoms with Gasteiger partial charge in [-0.05, 0) is 32.9 Å². The number of aliphatic hydroxyl groups is 1. The summed E-state index contributed by atoms with van der Waals surface area (Å²) in [6.07, 6.45) is 8.92. The first-order chi connectivity index (χ1) is 11.3. The van der Waals surface area contributed by atoms with Gasteiger partial charge in [0, 0.05) is 38.1 Å². The van der Waals surface area contributed by atoms with Crippen LogP contribution in [0.4, 0.5) is 4.79 Å². The van der Waals surface area contributed by atoms with Crippen molar-refractivity contribution in [2.75, 3.05) is 20.2 Å². The zero-order chi connectivity index (χ0) is 17.7. The van der Waals surface area contributed by atoms with E-state index in [0.29, 0.717) is 24.7 Å². The average molecular weight is 335 g/mol. The molecule has 0 atom stereocenters. The maximum absolute atomic E-state index is 12.1. The lowest BCUT2D eigenvalue weighted by atomic mass is 10.0. The van der Waals surface area contributed by atoms with E-state index in [1.54, 1.807) is 17.1 Å². The summed E-state index contributed by atoms with van der Waals surface area (Å²) in [4.78, 5) is 17.3. The summed E-state index contributed by atoms with van der Waals surface area (Å²) < 4.78 is 10.2. The van der Waals surface area contributed by atoms with E-state index in [1.165, 1.54) is 7.11 Å². The SMILES string of the molecule is COC(O)=C1C=CC(=[NH+]C2CCN(C(=O)OC(C)(C)C)CC2)C=C1. The summed E-state index contributed by atoms with van der Waals surface area (Å²) in [6.45, 7) is 7.00. The van der Waals surface area contributed by atoms with Crippen LogP contribution in [-0.4, -0.2) is 53.7 Å². The molecule has 2 rings (SSSR count). The van der Waals surface area contributed by atoms with Crippen LogP contribution in [0.1, 0.15) is 33.6 Å². The van der Waals surface area contributed by atoms with Gasteiger partial charge in [0.1, 0.15) is 5.60 Å². The van der Waals surface area contributed by atoms with E-state index in [2.05, 4.69) is 4.99 Å². The molecule has 6 heteroatoms. The summed E-state index contributed by atoms with van der Waals surface area (Å²) >= 11 is 0. The van der Waals surface area contributed by atoms with Crippen molar-refractivity contribution in [1.82, 2.24) is 4.90 Å². The molecule has 1 heterocycles. The molecule has 6 nitrogen and oxygen atoms in total. The zero-order valence-corrected chi connectivity index (χ0v) is 14.8. The Kier molecular flexibility index (Phi) is 5.70. The Morgan fingerprint density at radius 1 is 1.21 bits per heavy atom. The van der Waals surface area contributed by atoms with Crippen molar-refractivity contribution in [1.29, 1.82) is 0 Å². The highest BCUT2D eigenvalue weighted by Gasteiger charge is 2.28. The third-order valence-electron chi connectivity index (χ3n) is 3.84. The Balaban J connectivity index is 1.88. The third kappa shape index (κ3) is 5.15. The number of ether oxygens (including phenoxy) is 2. The Bertz CT molecular complexity index is 571. The minimum atomic E-state index is -0.460. The fraction of sp³-hybridized carbons (Fsp3) is 0.556. The highest BCUT2D eigenvalue weighted by molar-refractivity contribution is 6.01. The molecule has 0 aromatic rings. The Morgan fingerprint density at radius 3 is 2.29 bits per heavy atom. The van der Waals surface area contributed by atoms with Crippen LogP contribution >= 0.6 is 0 Å². The number of carbonyl (C=O) groups is 1. The van der Waals surface area contributed by atoms with E-state index in [0.717, 1.165) is 18.6 Å². The van der Waals surface area contributed by atoms with E-state index in [4.69, 9.17) is 9.47 Å². The second-order valence-corrected chi connectivity index (χ2v) is 6.97. The molecule has 132 valence electrons. The van der Waals surface area contributed by atoms with Crippen LogP contribution < -0.4 is 4.99 Å². The van der Waals surface area contributed by atoms with Crippen molar-refractivity contribution < 1.29 is 24.4 Å². The number of hydrogen-bond donors (Lipinski definition) is 2. The predicted octanol–water partition coefficient (Wildman–Crippen LogP) is 1.45. The number of nitrogens with one attached hydrogen (secondary N) is 1. The first-order valence-electron chi connectivity index (χ1n) is 8.23. The van der Waals surface area contributed by atoms with Gasteiger partial charge < -0.3 is 19.5 Å². The quantitative estimate of drug-likeness (QED) is 0.749. The normalized spacial score (nSPS) is 18.6. The maximum atomic E-state index is 12.1. The van der Waals surface area contributed by atoms with E-state index in [-0.39, 0.29) is 12.0 Å². The molecule has 24 heavy (non-hydrogen) atoms. The topological polar surface area (TPSA) is 73.0 Å². The molecule has 1 fully saturated rings. The maximum Gasteiger partial charge on any atom is 0.410 e. The predicted molar refractivity (Wildman–Crippen MR) is 91.7 cm³/mol. The molecular formula is C18H27N2O4+. The van der Waals surface area contributed by atoms with E-state index in [9.17, 15) is 9.90 Å². The monoisotopic (exact) mass is 335 g/mol. The van der Waals surface area contributed by atoms with Gasteiger partial charge in [0.25, 0.3) is 5.95 Å². The number of allylic oxidation sites excluding steroid dienone is 5. The molecular weight excluding hydrogens is 308 g/mol. The van der Waals surface area contributed by atoms with Crippen LogP contribution in [-0.2, 0) is 9.47 Å². The summed E-state index contributed by atoms with van der Waals surface area (Å²) in [7, 11) is 1.43. The lowest BCUT2D eigenvalue weighted by molar-refractivity contribution is -0.506. The summed E-state index contributed by atoms with van der Waals surface area (Å²) in [5.74, 6) is -0.0905. The number of nitrogens with zero attached hydrogens (tertiary/aromatic N) is 1. The van der Waals surface area contributed by atoms with Crippen LogP contribution in [0, 0.1) is 0 Å². The molecule has 0 unspecified atom stereocenters. The summed E-state index contributed by atoms with van der Waals surface area (Å²) in [6, 6.07) is 0.314. The van der Waals surface area contributed by atoms with Gasteiger partial charge in [0.05, 0.1) is 12.7 Å². The second-order valence-electron chi connectivity index (χ2n) is 6.97. The van der Waals surface area contributed by atoms with Crippen molar-refractivity contribution in [2.24, 2.45) is 0 Å². The molecule has 1 saturated heterocycles. The zero-order valence-electron chi connectivity index (χ0n) is 14.8. The minimum absolute atomic E-state index is 0.0905. The van der Waals surface area contributed by atoms with Gasteiger partial charge in [-0.3, -0.25) is 0 Å². The van der Waals surface area contributed by atoms with E-state index in [1.807, 2.05) is 32.9 Å². The fourth-order valence-electron chi connectivity index (χ4n) is 2.60. The Hall–Kier alpha value is -2.24. The summed E-state index contributed by atoms with van der Waals surface area (Å²) in [5, 5.41) is 9.53. The molecule has 0 radical (unpaired) electrons. The molecule has 2 aliphatic rings. The molecule has 0 bridgehead atoms. The number of piperidine rings is 1. The van der Waals surface area contributed by atoms with E-state index >= 15 is 0 Å². The van der Waals surface area contributed by atoms with Crippen LogP contribution in [0.5, 0.6) is 0 Å². The van der Waals surface area contributed by atoms with Gasteiger partial charge in [-0.15, -0.1) is 0 Å². The molecule has 2 N–H and O–H groups in total. The van der Waals surface area contributed by atoms with E-state index < -0.39 is 5.60 Å². The van der Waals surface area contributed by atoms with Crippen LogP contribution in [0.2, 0.25) is 0 Å². The summed E-state index contributed by atoms with van der Waals surface area (Å²) in [5.41, 5.74) is 1.17. The van der Waals surface area contributed by atoms with Gasteiger partial charge in [-0.1, -0.05) is 0 Å². The molecule has 0 aromatic heterocycles. The highest BCUT2D eigenvalue weighted by atomic mass is 16.6. The smallest absolute Gasteiger partial charge is 0.410 e. The van der Waals surface area contributed by atoms with Crippen molar-refractivity contribution in [3.05, 3.63) is 35.8 Å². The van der Waals surface area contributed by atoms with Crippen molar-refractivity contribution >= 4 is 11.8 Å². The van der Waals surface area contributed by atoms with Crippen molar-refractivity contribution in [3.8, 4) is 0 Å². The van der Waals surface area contributed by atoms with Crippen LogP contribution in [0.15, 0.2) is 35.8 Å². The van der Waals surface area contributed by atoms with Gasteiger partial charge >= 0.3 is 6.09 Å². The Labute approximate surface area is 143 Å². The molecule has 0 saturated carbocycles. The second kappa shape index (κ2) is 7.55. The highest BCUT2D eigenvalue weighted by Crippen LogP contribution is 2.14. The first kappa shape index (κ1) is 18.1. The number of carbonyl (C=O) groups excluding carboxylic acids is 1. The van der Waals surface area contributed by atoms with Crippen molar-refractivity contribution in [3.63, 3.8) is 0 Å². The minimum Gasteiger partial charge on any atom is -0.481 e. The molecule has 1 amide bonds. The average Bonchev–Trinajstić information content (AvgIpc) is 2.54. The fourth-order valence-corrected chi connectivity index (χ4v) is 2.60. The molecule has 0 spiro atoms. The van der Waals surface area contributed by atoms with Gasteiger partial charge in [0.15, 0.2) is 11.8 Å². The molecule has 0 aromatic carbocycles. The number of likely N-dealkylation sites (tertiary alicyclic amines) is 1. The number of methoxy groups -OCH3 is 1. The lowest BCUT2D eigenvalue weighted by Crippen LogP contribution is -2.80. The number of hydrogen-bond acceptors (Lipinski definition) is 4. The first-order valence-corrected chi connectivity index (χ1v) is 8.23. The molecule has 1 aliphatic heterocycles. The number of rotatable bonds is 2.